The zero-order valence-corrected chi connectivity index (χ0v) is 14.3. The van der Waals surface area contributed by atoms with Crippen LogP contribution in [0.15, 0.2) is 11.3 Å². The third-order valence-corrected chi connectivity index (χ3v) is 4.81. The Labute approximate surface area is 138 Å². The molecular formula is C16H29N7. The van der Waals surface area contributed by atoms with Gasteiger partial charge in [0.05, 0.1) is 0 Å². The molecule has 2 N–H and O–H groups in total. The maximum Gasteiger partial charge on any atom is 0.191 e. The van der Waals surface area contributed by atoms with Gasteiger partial charge in [-0.3, -0.25) is 4.99 Å². The molecule has 23 heavy (non-hydrogen) atoms. The lowest BCUT2D eigenvalue weighted by Gasteiger charge is -2.33. The normalized spacial score (nSPS) is 20.7. The van der Waals surface area contributed by atoms with E-state index in [1.807, 2.05) is 7.05 Å². The highest BCUT2D eigenvalue weighted by Crippen LogP contribution is 2.29. The Balaban J connectivity index is 1.38. The first-order chi connectivity index (χ1) is 11.3. The zero-order valence-electron chi connectivity index (χ0n) is 14.3. The zero-order chi connectivity index (χ0) is 16.1. The number of aryl methyl sites for hydroxylation is 1. The second-order valence-electron chi connectivity index (χ2n) is 6.48. The van der Waals surface area contributed by atoms with Gasteiger partial charge in [0.1, 0.15) is 12.2 Å². The minimum absolute atomic E-state index is 0.539. The van der Waals surface area contributed by atoms with Crippen molar-refractivity contribution < 1.29 is 0 Å². The standard InChI is InChI=1S/C16H29N7/c1-3-15-21-19-12-23(15)11-8-18-16(17-2)20-13-6-9-22(10-7-13)14-4-5-14/h12-14H,3-11H2,1-2H3,(H2,17,18,20). The molecule has 7 heteroatoms. The van der Waals surface area contributed by atoms with Crippen molar-refractivity contribution in [2.75, 3.05) is 26.7 Å². The predicted octanol–water partition coefficient (Wildman–Crippen LogP) is 0.632. The topological polar surface area (TPSA) is 70.4 Å². The van der Waals surface area contributed by atoms with E-state index in [-0.39, 0.29) is 0 Å². The summed E-state index contributed by atoms with van der Waals surface area (Å²) < 4.78 is 2.09. The Morgan fingerprint density at radius 3 is 2.74 bits per heavy atom. The number of likely N-dealkylation sites (tertiary alicyclic amines) is 1. The number of hydrogen-bond donors (Lipinski definition) is 2. The molecule has 1 saturated heterocycles. The molecule has 0 amide bonds. The van der Waals surface area contributed by atoms with Gasteiger partial charge in [0.2, 0.25) is 0 Å². The number of nitrogens with zero attached hydrogens (tertiary/aromatic N) is 5. The molecule has 2 heterocycles. The molecule has 3 rings (SSSR count). The minimum atomic E-state index is 0.539. The average molecular weight is 319 g/mol. The first-order valence-corrected chi connectivity index (χ1v) is 8.88. The van der Waals surface area contributed by atoms with E-state index < -0.39 is 0 Å². The molecule has 0 unspecified atom stereocenters. The molecule has 128 valence electrons. The summed E-state index contributed by atoms with van der Waals surface area (Å²) in [5, 5.41) is 15.0. The van der Waals surface area contributed by atoms with Gasteiger partial charge in [0.25, 0.3) is 0 Å². The number of aliphatic imine (C=N–C) groups is 1. The van der Waals surface area contributed by atoms with Gasteiger partial charge in [-0.15, -0.1) is 10.2 Å². The van der Waals surface area contributed by atoms with Crippen molar-refractivity contribution in [1.82, 2.24) is 30.3 Å². The molecule has 7 nitrogen and oxygen atoms in total. The third kappa shape index (κ3) is 4.43. The van der Waals surface area contributed by atoms with Crippen LogP contribution in [0.4, 0.5) is 0 Å². The monoisotopic (exact) mass is 319 g/mol. The summed E-state index contributed by atoms with van der Waals surface area (Å²) in [6, 6.07) is 1.43. The van der Waals surface area contributed by atoms with E-state index in [0.29, 0.717) is 6.04 Å². The van der Waals surface area contributed by atoms with Crippen LogP contribution < -0.4 is 10.6 Å². The number of aromatic nitrogens is 3. The Bertz CT molecular complexity index is 512. The summed E-state index contributed by atoms with van der Waals surface area (Å²) in [5.74, 6) is 1.93. The Kier molecular flexibility index (Phi) is 5.48. The van der Waals surface area contributed by atoms with Gasteiger partial charge in [0.15, 0.2) is 5.96 Å². The van der Waals surface area contributed by atoms with Crippen molar-refractivity contribution in [3.63, 3.8) is 0 Å². The lowest BCUT2D eigenvalue weighted by molar-refractivity contribution is 0.197. The van der Waals surface area contributed by atoms with Crippen LogP contribution in [0.5, 0.6) is 0 Å². The number of rotatable bonds is 6. The largest absolute Gasteiger partial charge is 0.355 e. The van der Waals surface area contributed by atoms with Crippen LogP contribution in [0.1, 0.15) is 38.4 Å². The van der Waals surface area contributed by atoms with Crippen LogP contribution in [-0.4, -0.2) is 64.4 Å². The van der Waals surface area contributed by atoms with Crippen LogP contribution in [-0.2, 0) is 13.0 Å². The van der Waals surface area contributed by atoms with Crippen molar-refractivity contribution in [3.05, 3.63) is 12.2 Å². The SMILES string of the molecule is CCc1nncn1CCNC(=NC)NC1CCN(C2CC2)CC1. The van der Waals surface area contributed by atoms with Crippen molar-refractivity contribution in [1.29, 1.82) is 0 Å². The van der Waals surface area contributed by atoms with Crippen molar-refractivity contribution >= 4 is 5.96 Å². The van der Waals surface area contributed by atoms with Gasteiger partial charge in [-0.05, 0) is 25.7 Å². The van der Waals surface area contributed by atoms with Gasteiger partial charge in [-0.1, -0.05) is 6.92 Å². The van der Waals surface area contributed by atoms with Gasteiger partial charge in [-0.2, -0.15) is 0 Å². The van der Waals surface area contributed by atoms with E-state index >= 15 is 0 Å². The van der Waals surface area contributed by atoms with E-state index in [0.717, 1.165) is 37.3 Å². The third-order valence-electron chi connectivity index (χ3n) is 4.81. The van der Waals surface area contributed by atoms with Crippen LogP contribution >= 0.6 is 0 Å². The van der Waals surface area contributed by atoms with E-state index in [1.165, 1.54) is 38.8 Å². The van der Waals surface area contributed by atoms with Gasteiger partial charge in [-0.25, -0.2) is 0 Å². The van der Waals surface area contributed by atoms with Gasteiger partial charge < -0.3 is 20.1 Å². The minimum Gasteiger partial charge on any atom is -0.355 e. The molecule has 1 saturated carbocycles. The van der Waals surface area contributed by atoms with Crippen LogP contribution in [0.3, 0.4) is 0 Å². The molecule has 1 aromatic rings. The quantitative estimate of drug-likeness (QED) is 0.594. The number of guanidine groups is 1. The molecule has 0 bridgehead atoms. The Hall–Kier alpha value is -1.63. The van der Waals surface area contributed by atoms with Crippen LogP contribution in [0, 0.1) is 0 Å². The van der Waals surface area contributed by atoms with Crippen LogP contribution in [0.2, 0.25) is 0 Å². The summed E-state index contributed by atoms with van der Waals surface area (Å²) in [7, 11) is 1.84. The molecule has 0 atom stereocenters. The number of hydrogen-bond acceptors (Lipinski definition) is 4. The highest BCUT2D eigenvalue weighted by atomic mass is 15.3. The molecular weight excluding hydrogens is 290 g/mol. The second-order valence-corrected chi connectivity index (χ2v) is 6.48. The molecule has 0 radical (unpaired) electrons. The number of piperidine rings is 1. The number of nitrogens with one attached hydrogen (secondary N) is 2. The molecule has 1 aliphatic carbocycles. The first kappa shape index (κ1) is 16.2. The van der Waals surface area contributed by atoms with Crippen molar-refractivity contribution in [2.24, 2.45) is 4.99 Å². The maximum atomic E-state index is 4.35. The molecule has 1 aromatic heterocycles. The van der Waals surface area contributed by atoms with Crippen molar-refractivity contribution in [3.8, 4) is 0 Å². The van der Waals surface area contributed by atoms with E-state index in [2.05, 4.69) is 42.2 Å². The van der Waals surface area contributed by atoms with E-state index in [9.17, 15) is 0 Å². The fraction of sp³-hybridized carbons (Fsp3) is 0.812. The van der Waals surface area contributed by atoms with E-state index in [1.54, 1.807) is 6.33 Å². The Morgan fingerprint density at radius 1 is 1.30 bits per heavy atom. The average Bonchev–Trinajstić information content (AvgIpc) is 3.33. The lowest BCUT2D eigenvalue weighted by atomic mass is 10.1. The smallest absolute Gasteiger partial charge is 0.191 e. The Morgan fingerprint density at radius 2 is 2.09 bits per heavy atom. The lowest BCUT2D eigenvalue weighted by Crippen LogP contribution is -2.49. The second kappa shape index (κ2) is 7.77. The van der Waals surface area contributed by atoms with Gasteiger partial charge in [0, 0.05) is 51.7 Å². The van der Waals surface area contributed by atoms with E-state index in [4.69, 9.17) is 0 Å². The highest BCUT2D eigenvalue weighted by molar-refractivity contribution is 5.79. The summed E-state index contributed by atoms with van der Waals surface area (Å²) in [4.78, 5) is 7.00. The summed E-state index contributed by atoms with van der Waals surface area (Å²) in [5.41, 5.74) is 0. The molecule has 0 spiro atoms. The van der Waals surface area contributed by atoms with Crippen molar-refractivity contribution in [2.45, 2.75) is 57.7 Å². The molecule has 2 aliphatic rings. The highest BCUT2D eigenvalue weighted by Gasteiger charge is 2.31. The fourth-order valence-electron chi connectivity index (χ4n) is 3.27. The molecule has 2 fully saturated rings. The summed E-state index contributed by atoms with van der Waals surface area (Å²) in [6.07, 6.45) is 7.94. The maximum absolute atomic E-state index is 4.35. The van der Waals surface area contributed by atoms with Gasteiger partial charge >= 0.3 is 0 Å². The predicted molar refractivity (Wildman–Crippen MR) is 91.5 cm³/mol. The summed E-state index contributed by atoms with van der Waals surface area (Å²) in [6.45, 7) is 6.23. The van der Waals surface area contributed by atoms with Crippen LogP contribution in [0.25, 0.3) is 0 Å². The fourth-order valence-corrected chi connectivity index (χ4v) is 3.27. The summed E-state index contributed by atoms with van der Waals surface area (Å²) >= 11 is 0. The molecule has 1 aliphatic heterocycles. The molecule has 0 aromatic carbocycles. The first-order valence-electron chi connectivity index (χ1n) is 8.88.